The Bertz CT molecular complexity index is 615. The van der Waals surface area contributed by atoms with E-state index in [1.807, 2.05) is 0 Å². The van der Waals surface area contributed by atoms with E-state index in [0.29, 0.717) is 11.4 Å². The van der Waals surface area contributed by atoms with Gasteiger partial charge in [0.05, 0.1) is 17.9 Å². The van der Waals surface area contributed by atoms with E-state index in [9.17, 15) is 19.5 Å². The first-order valence-corrected chi connectivity index (χ1v) is 6.96. The second-order valence-corrected chi connectivity index (χ2v) is 5.25. The summed E-state index contributed by atoms with van der Waals surface area (Å²) in [7, 11) is 1.59. The minimum atomic E-state index is -1.23. The maximum Gasteiger partial charge on any atom is 0.251 e. The van der Waals surface area contributed by atoms with Gasteiger partial charge in [-0.2, -0.15) is 0 Å². The van der Waals surface area contributed by atoms with Gasteiger partial charge in [-0.3, -0.25) is 14.4 Å². The lowest BCUT2D eigenvalue weighted by molar-refractivity contribution is -0.132. The SMILES string of the molecule is CC(=O)N1C[C@H](NC(=O)[C@H](C)O)C(=O)N(C)c2ccccc21. The monoisotopic (exact) mass is 305 g/mol. The molecule has 2 rings (SSSR count). The van der Waals surface area contributed by atoms with Gasteiger partial charge >= 0.3 is 0 Å². The number of fused-ring (bicyclic) bond motifs is 1. The van der Waals surface area contributed by atoms with E-state index in [0.717, 1.165) is 0 Å². The molecule has 22 heavy (non-hydrogen) atoms. The van der Waals surface area contributed by atoms with Crippen LogP contribution >= 0.6 is 0 Å². The van der Waals surface area contributed by atoms with Gasteiger partial charge in [0.15, 0.2) is 0 Å². The van der Waals surface area contributed by atoms with Crippen LogP contribution in [0.1, 0.15) is 13.8 Å². The maximum absolute atomic E-state index is 12.5. The molecule has 0 radical (unpaired) electrons. The fraction of sp³-hybridized carbons (Fsp3) is 0.400. The number of nitrogens with one attached hydrogen (secondary N) is 1. The van der Waals surface area contributed by atoms with Crippen LogP contribution in [0.5, 0.6) is 0 Å². The standard InChI is InChI=1S/C15H19N3O4/c1-9(19)14(21)16-11-8-18(10(2)20)13-7-5-4-6-12(13)17(3)15(11)22/h4-7,9,11,19H,8H2,1-3H3,(H,16,21)/t9-,11-/m0/s1. The molecule has 3 amide bonds. The number of para-hydroxylation sites is 2. The Morgan fingerprint density at radius 3 is 2.45 bits per heavy atom. The summed E-state index contributed by atoms with van der Waals surface area (Å²) in [5.41, 5.74) is 1.20. The first-order chi connectivity index (χ1) is 10.3. The fourth-order valence-corrected chi connectivity index (χ4v) is 2.39. The molecule has 0 bridgehead atoms. The van der Waals surface area contributed by atoms with Crippen molar-refractivity contribution in [3.8, 4) is 0 Å². The van der Waals surface area contributed by atoms with Crippen LogP contribution in [0.15, 0.2) is 24.3 Å². The van der Waals surface area contributed by atoms with Gasteiger partial charge < -0.3 is 20.2 Å². The van der Waals surface area contributed by atoms with Gasteiger partial charge in [-0.1, -0.05) is 12.1 Å². The molecule has 0 fully saturated rings. The Morgan fingerprint density at radius 1 is 1.32 bits per heavy atom. The van der Waals surface area contributed by atoms with Gasteiger partial charge in [-0.05, 0) is 19.1 Å². The first-order valence-electron chi connectivity index (χ1n) is 6.96. The topological polar surface area (TPSA) is 90.0 Å². The van der Waals surface area contributed by atoms with Crippen molar-refractivity contribution in [2.75, 3.05) is 23.4 Å². The highest BCUT2D eigenvalue weighted by molar-refractivity contribution is 6.07. The van der Waals surface area contributed by atoms with Crippen LogP contribution in [-0.2, 0) is 14.4 Å². The minimum Gasteiger partial charge on any atom is -0.384 e. The highest BCUT2D eigenvalue weighted by atomic mass is 16.3. The summed E-state index contributed by atoms with van der Waals surface area (Å²) >= 11 is 0. The summed E-state index contributed by atoms with van der Waals surface area (Å²) in [6, 6.07) is 6.13. The predicted molar refractivity (Wildman–Crippen MR) is 81.5 cm³/mol. The van der Waals surface area contributed by atoms with E-state index in [4.69, 9.17) is 0 Å². The molecule has 2 N–H and O–H groups in total. The van der Waals surface area contributed by atoms with Crippen LogP contribution in [0.2, 0.25) is 0 Å². The van der Waals surface area contributed by atoms with Crippen LogP contribution < -0.4 is 15.1 Å². The zero-order chi connectivity index (χ0) is 16.4. The number of hydrogen-bond acceptors (Lipinski definition) is 4. The van der Waals surface area contributed by atoms with Gasteiger partial charge in [0.25, 0.3) is 5.91 Å². The number of nitrogens with zero attached hydrogens (tertiary/aromatic N) is 2. The molecular formula is C15H19N3O4. The molecular weight excluding hydrogens is 286 g/mol. The van der Waals surface area contributed by atoms with Crippen LogP contribution in [0.25, 0.3) is 0 Å². The van der Waals surface area contributed by atoms with Crippen molar-refractivity contribution in [1.29, 1.82) is 0 Å². The van der Waals surface area contributed by atoms with Crippen LogP contribution in [0, 0.1) is 0 Å². The Kier molecular flexibility index (Phi) is 4.46. The molecule has 1 aromatic carbocycles. The van der Waals surface area contributed by atoms with E-state index < -0.39 is 18.1 Å². The lowest BCUT2D eigenvalue weighted by Crippen LogP contribution is -2.53. The summed E-state index contributed by atoms with van der Waals surface area (Å²) in [5.74, 6) is -1.22. The summed E-state index contributed by atoms with van der Waals surface area (Å²) < 4.78 is 0. The van der Waals surface area contributed by atoms with Crippen molar-refractivity contribution < 1.29 is 19.5 Å². The normalized spacial score (nSPS) is 19.3. The van der Waals surface area contributed by atoms with E-state index in [2.05, 4.69) is 5.32 Å². The van der Waals surface area contributed by atoms with Crippen molar-refractivity contribution in [3.05, 3.63) is 24.3 Å². The molecule has 0 unspecified atom stereocenters. The van der Waals surface area contributed by atoms with Crippen molar-refractivity contribution in [3.63, 3.8) is 0 Å². The van der Waals surface area contributed by atoms with E-state index in [1.54, 1.807) is 31.3 Å². The molecule has 0 aliphatic carbocycles. The minimum absolute atomic E-state index is 0.0218. The van der Waals surface area contributed by atoms with Gasteiger partial charge in [-0.15, -0.1) is 0 Å². The molecule has 0 aromatic heterocycles. The first kappa shape index (κ1) is 16.0. The average Bonchev–Trinajstić information content (AvgIpc) is 2.58. The lowest BCUT2D eigenvalue weighted by atomic mass is 10.2. The number of aliphatic hydroxyl groups is 1. The third-order valence-corrected chi connectivity index (χ3v) is 3.60. The summed E-state index contributed by atoms with van der Waals surface area (Å²) in [5, 5.41) is 11.8. The zero-order valence-electron chi connectivity index (χ0n) is 12.7. The molecule has 0 spiro atoms. The summed E-state index contributed by atoms with van der Waals surface area (Å²) in [6.45, 7) is 2.74. The van der Waals surface area contributed by atoms with Crippen molar-refractivity contribution in [2.24, 2.45) is 0 Å². The highest BCUT2D eigenvalue weighted by Crippen LogP contribution is 2.31. The summed E-state index contributed by atoms with van der Waals surface area (Å²) in [6.07, 6.45) is -1.23. The third-order valence-electron chi connectivity index (χ3n) is 3.60. The highest BCUT2D eigenvalue weighted by Gasteiger charge is 2.34. The zero-order valence-corrected chi connectivity index (χ0v) is 12.7. The number of carbonyl (C=O) groups is 3. The van der Waals surface area contributed by atoms with Crippen molar-refractivity contribution in [1.82, 2.24) is 5.32 Å². The number of carbonyl (C=O) groups excluding carboxylic acids is 3. The Hall–Kier alpha value is -2.41. The van der Waals surface area contributed by atoms with E-state index in [-0.39, 0.29) is 18.4 Å². The van der Waals surface area contributed by atoms with Crippen LogP contribution in [-0.4, -0.2) is 48.6 Å². The second-order valence-electron chi connectivity index (χ2n) is 5.25. The van der Waals surface area contributed by atoms with Crippen LogP contribution in [0.4, 0.5) is 11.4 Å². The third kappa shape index (κ3) is 2.94. The number of hydrogen-bond donors (Lipinski definition) is 2. The largest absolute Gasteiger partial charge is 0.384 e. The van der Waals surface area contributed by atoms with E-state index in [1.165, 1.54) is 23.6 Å². The molecule has 1 aromatic rings. The Balaban J connectivity index is 2.41. The summed E-state index contributed by atoms with van der Waals surface area (Å²) in [4.78, 5) is 39.0. The number of anilines is 2. The number of amides is 3. The smallest absolute Gasteiger partial charge is 0.251 e. The fourth-order valence-electron chi connectivity index (χ4n) is 2.39. The van der Waals surface area contributed by atoms with E-state index >= 15 is 0 Å². The maximum atomic E-state index is 12.5. The van der Waals surface area contributed by atoms with Crippen molar-refractivity contribution in [2.45, 2.75) is 26.0 Å². The number of likely N-dealkylation sites (N-methyl/N-ethyl adjacent to an activating group) is 1. The lowest BCUT2D eigenvalue weighted by Gasteiger charge is -2.24. The molecule has 0 saturated heterocycles. The molecule has 7 nitrogen and oxygen atoms in total. The molecule has 7 heteroatoms. The molecule has 0 saturated carbocycles. The van der Waals surface area contributed by atoms with Gasteiger partial charge in [-0.25, -0.2) is 0 Å². The molecule has 2 atom stereocenters. The second kappa shape index (κ2) is 6.15. The number of benzene rings is 1. The van der Waals surface area contributed by atoms with Gasteiger partial charge in [0, 0.05) is 14.0 Å². The van der Waals surface area contributed by atoms with Crippen molar-refractivity contribution >= 4 is 29.1 Å². The molecule has 1 aliphatic heterocycles. The Morgan fingerprint density at radius 2 is 1.91 bits per heavy atom. The van der Waals surface area contributed by atoms with Crippen LogP contribution in [0.3, 0.4) is 0 Å². The van der Waals surface area contributed by atoms with Gasteiger partial charge in [0.2, 0.25) is 11.8 Å². The molecule has 1 heterocycles. The quantitative estimate of drug-likeness (QED) is 0.797. The van der Waals surface area contributed by atoms with Gasteiger partial charge in [0.1, 0.15) is 12.1 Å². The number of aliphatic hydroxyl groups excluding tert-OH is 1. The molecule has 118 valence electrons. The number of rotatable bonds is 2. The molecule has 1 aliphatic rings. The Labute approximate surface area is 128 Å². The predicted octanol–water partition coefficient (Wildman–Crippen LogP) is -0.118. The average molecular weight is 305 g/mol.